The maximum atomic E-state index is 13.2. The van der Waals surface area contributed by atoms with E-state index in [9.17, 15) is 4.79 Å². The van der Waals surface area contributed by atoms with Gasteiger partial charge in [0, 0.05) is 50.0 Å². The molecule has 4 heterocycles. The van der Waals surface area contributed by atoms with E-state index >= 15 is 0 Å². The van der Waals surface area contributed by atoms with E-state index in [1.165, 1.54) is 0 Å². The van der Waals surface area contributed by atoms with Crippen molar-refractivity contribution in [2.45, 2.75) is 37.1 Å². The number of carbonyl (C=O) groups excluding carboxylic acids is 1. The molecule has 188 valence electrons. The molecule has 6 rings (SSSR count). The summed E-state index contributed by atoms with van der Waals surface area (Å²) in [6, 6.07) is 10.3. The second-order valence-corrected chi connectivity index (χ2v) is 9.35. The van der Waals surface area contributed by atoms with Crippen molar-refractivity contribution >= 4 is 28.3 Å². The molecule has 2 aliphatic rings. The first-order chi connectivity index (χ1) is 17.6. The molecular weight excluding hydrogens is 460 g/mol. The number of para-hydroxylation sites is 1. The minimum absolute atomic E-state index is 0.00439. The molecule has 2 fully saturated rings. The summed E-state index contributed by atoms with van der Waals surface area (Å²) in [6.07, 6.45) is 5.56. The van der Waals surface area contributed by atoms with Gasteiger partial charge in [0.05, 0.1) is 43.3 Å². The summed E-state index contributed by atoms with van der Waals surface area (Å²) in [6.45, 7) is 1.15. The largest absolute Gasteiger partial charge is 0.379 e. The Morgan fingerprint density at radius 2 is 1.97 bits per heavy atom. The van der Waals surface area contributed by atoms with Crippen LogP contribution in [-0.2, 0) is 14.2 Å². The van der Waals surface area contributed by atoms with Crippen molar-refractivity contribution in [2.24, 2.45) is 0 Å². The summed E-state index contributed by atoms with van der Waals surface area (Å²) >= 11 is 0. The molecule has 36 heavy (non-hydrogen) atoms. The molecule has 0 unspecified atom stereocenters. The Morgan fingerprint density at radius 1 is 1.14 bits per heavy atom. The fourth-order valence-corrected chi connectivity index (χ4v) is 5.29. The third-order valence-corrected chi connectivity index (χ3v) is 7.48. The van der Waals surface area contributed by atoms with Crippen molar-refractivity contribution in [1.29, 1.82) is 0 Å². The van der Waals surface area contributed by atoms with Crippen LogP contribution in [0.1, 0.15) is 29.2 Å². The molecule has 10 heteroatoms. The molecule has 1 aliphatic carbocycles. The van der Waals surface area contributed by atoms with Crippen LogP contribution in [0.4, 0.5) is 5.82 Å². The Morgan fingerprint density at radius 3 is 2.72 bits per heavy atom. The molecule has 1 saturated heterocycles. The highest BCUT2D eigenvalue weighted by Gasteiger charge is 2.34. The van der Waals surface area contributed by atoms with Gasteiger partial charge in [-0.05, 0) is 18.9 Å². The van der Waals surface area contributed by atoms with Crippen LogP contribution in [0.15, 0.2) is 42.7 Å². The molecule has 4 aromatic rings. The Bertz CT molecular complexity index is 1430. The molecule has 1 aromatic carbocycles. The van der Waals surface area contributed by atoms with Gasteiger partial charge in [-0.2, -0.15) is 9.61 Å². The van der Waals surface area contributed by atoms with Crippen LogP contribution >= 0.6 is 0 Å². The Balaban J connectivity index is 1.45. The number of anilines is 1. The third kappa shape index (κ3) is 3.64. The minimum atomic E-state index is -0.197. The molecule has 1 amide bonds. The van der Waals surface area contributed by atoms with E-state index in [0.29, 0.717) is 24.4 Å². The monoisotopic (exact) mass is 490 g/mol. The van der Waals surface area contributed by atoms with Crippen LogP contribution < -0.4 is 10.6 Å². The SMILES string of the molecule is CNc1cc(-c2cn([C@H]3COC[C@@H]3OC)c3ccccc23)nc2c(C(=O)N[C@H]3CC[C@@H]3OC)cnn12. The number of carbonyl (C=O) groups is 1. The maximum Gasteiger partial charge on any atom is 0.257 e. The van der Waals surface area contributed by atoms with Crippen LogP contribution in [0.2, 0.25) is 0 Å². The van der Waals surface area contributed by atoms with E-state index in [2.05, 4.69) is 38.6 Å². The summed E-state index contributed by atoms with van der Waals surface area (Å²) in [5.74, 6) is 0.542. The van der Waals surface area contributed by atoms with Gasteiger partial charge in [-0.15, -0.1) is 0 Å². The molecular formula is C26H30N6O4. The van der Waals surface area contributed by atoms with Crippen molar-refractivity contribution in [1.82, 2.24) is 24.5 Å². The first-order valence-corrected chi connectivity index (χ1v) is 12.2. The maximum absolute atomic E-state index is 13.2. The molecule has 1 aliphatic heterocycles. The molecule has 1 saturated carbocycles. The topological polar surface area (TPSA) is 104 Å². The van der Waals surface area contributed by atoms with Gasteiger partial charge >= 0.3 is 0 Å². The summed E-state index contributed by atoms with van der Waals surface area (Å²) in [4.78, 5) is 18.1. The standard InChI is InChI=1S/C26H30N6O4/c1-27-24-10-19(29-25-16(11-28-32(24)25)26(33)30-18-8-9-22(18)34-2)17-12-31(20-7-5-4-6-15(17)20)21-13-36-14-23(21)35-3/h4-7,10-12,18,21-23,27H,8-9,13-14H2,1-3H3,(H,30,33)/t18-,21-,22-,23-/m0/s1. The number of nitrogens with zero attached hydrogens (tertiary/aromatic N) is 4. The lowest BCUT2D eigenvalue weighted by atomic mass is 9.89. The lowest BCUT2D eigenvalue weighted by molar-refractivity contribution is 0.00732. The van der Waals surface area contributed by atoms with Gasteiger partial charge in [0.2, 0.25) is 0 Å². The zero-order valence-electron chi connectivity index (χ0n) is 20.6. The summed E-state index contributed by atoms with van der Waals surface area (Å²) in [7, 11) is 5.23. The lowest BCUT2D eigenvalue weighted by Gasteiger charge is -2.35. The van der Waals surface area contributed by atoms with Gasteiger partial charge < -0.3 is 29.4 Å². The molecule has 3 aromatic heterocycles. The van der Waals surface area contributed by atoms with Crippen LogP contribution in [0.5, 0.6) is 0 Å². The van der Waals surface area contributed by atoms with Gasteiger partial charge in [0.1, 0.15) is 17.5 Å². The predicted molar refractivity (Wildman–Crippen MR) is 135 cm³/mol. The van der Waals surface area contributed by atoms with Crippen LogP contribution in [-0.4, -0.2) is 77.8 Å². The fourth-order valence-electron chi connectivity index (χ4n) is 5.29. The number of hydrogen-bond acceptors (Lipinski definition) is 7. The lowest BCUT2D eigenvalue weighted by Crippen LogP contribution is -2.51. The highest BCUT2D eigenvalue weighted by molar-refractivity contribution is 6.01. The average Bonchev–Trinajstić information content (AvgIpc) is 3.62. The molecule has 2 N–H and O–H groups in total. The van der Waals surface area contributed by atoms with E-state index in [1.54, 1.807) is 24.9 Å². The van der Waals surface area contributed by atoms with Crippen molar-refractivity contribution in [3.8, 4) is 11.3 Å². The number of methoxy groups -OCH3 is 2. The number of fused-ring (bicyclic) bond motifs is 2. The highest BCUT2D eigenvalue weighted by atomic mass is 16.5. The van der Waals surface area contributed by atoms with Crippen molar-refractivity contribution in [3.63, 3.8) is 0 Å². The van der Waals surface area contributed by atoms with Gasteiger partial charge in [-0.25, -0.2) is 4.98 Å². The van der Waals surface area contributed by atoms with Crippen molar-refractivity contribution < 1.29 is 19.0 Å². The quantitative estimate of drug-likeness (QED) is 0.411. The molecule has 0 spiro atoms. The Kier molecular flexibility index (Phi) is 5.87. The highest BCUT2D eigenvalue weighted by Crippen LogP contribution is 2.36. The van der Waals surface area contributed by atoms with E-state index in [0.717, 1.165) is 40.8 Å². The molecule has 0 bridgehead atoms. The smallest absolute Gasteiger partial charge is 0.257 e. The molecule has 4 atom stereocenters. The van der Waals surface area contributed by atoms with E-state index in [4.69, 9.17) is 19.2 Å². The van der Waals surface area contributed by atoms with Gasteiger partial charge in [-0.3, -0.25) is 4.79 Å². The number of benzene rings is 1. The summed E-state index contributed by atoms with van der Waals surface area (Å²) in [5.41, 5.74) is 3.74. The number of aromatic nitrogens is 4. The fraction of sp³-hybridized carbons (Fsp3) is 0.423. The summed E-state index contributed by atoms with van der Waals surface area (Å²) in [5, 5.41) is 11.8. The first-order valence-electron chi connectivity index (χ1n) is 12.2. The summed E-state index contributed by atoms with van der Waals surface area (Å²) < 4.78 is 20.7. The second-order valence-electron chi connectivity index (χ2n) is 9.35. The molecule has 0 radical (unpaired) electrons. The van der Waals surface area contributed by atoms with Gasteiger partial charge in [0.25, 0.3) is 5.91 Å². The number of hydrogen-bond donors (Lipinski definition) is 2. The van der Waals surface area contributed by atoms with Gasteiger partial charge in [0.15, 0.2) is 5.65 Å². The van der Waals surface area contributed by atoms with E-state index < -0.39 is 0 Å². The number of rotatable bonds is 7. The number of ether oxygens (including phenoxy) is 3. The first kappa shape index (κ1) is 23.0. The van der Waals surface area contributed by atoms with Gasteiger partial charge in [-0.1, -0.05) is 18.2 Å². The van der Waals surface area contributed by atoms with Crippen LogP contribution in [0, 0.1) is 0 Å². The average molecular weight is 491 g/mol. The number of nitrogens with one attached hydrogen (secondary N) is 2. The third-order valence-electron chi connectivity index (χ3n) is 7.48. The van der Waals surface area contributed by atoms with E-state index in [1.807, 2.05) is 25.2 Å². The Labute approximate surface area is 208 Å². The zero-order chi connectivity index (χ0) is 24.8. The second kappa shape index (κ2) is 9.20. The minimum Gasteiger partial charge on any atom is -0.379 e. The number of amides is 1. The normalized spacial score (nSPS) is 23.8. The van der Waals surface area contributed by atoms with E-state index in [-0.39, 0.29) is 30.2 Å². The van der Waals surface area contributed by atoms with Crippen molar-refractivity contribution in [3.05, 3.63) is 48.3 Å². The zero-order valence-corrected chi connectivity index (χ0v) is 20.6. The van der Waals surface area contributed by atoms with Crippen LogP contribution in [0.25, 0.3) is 27.8 Å². The molecule has 10 nitrogen and oxygen atoms in total. The Hall–Kier alpha value is -3.47. The predicted octanol–water partition coefficient (Wildman–Crippen LogP) is 2.89. The van der Waals surface area contributed by atoms with Crippen molar-refractivity contribution in [2.75, 3.05) is 39.8 Å². The van der Waals surface area contributed by atoms with Crippen LogP contribution in [0.3, 0.4) is 0 Å².